The third kappa shape index (κ3) is 5.66. The predicted octanol–water partition coefficient (Wildman–Crippen LogP) is 1.30. The number of amides is 4. The third-order valence-electron chi connectivity index (χ3n) is 3.67. The first-order valence-electron chi connectivity index (χ1n) is 8.29. The molecule has 4 amide bonds. The number of aromatic amines is 1. The number of H-pyrrole nitrogens is 1. The van der Waals surface area contributed by atoms with Crippen LogP contribution in [0, 0.1) is 5.92 Å². The highest BCUT2D eigenvalue weighted by atomic mass is 16.2. The Balaban J connectivity index is 1.83. The van der Waals surface area contributed by atoms with Crippen LogP contribution in [0.15, 0.2) is 48.7 Å². The molecule has 2 rings (SSSR count). The second kappa shape index (κ2) is 9.26. The van der Waals surface area contributed by atoms with Gasteiger partial charge >= 0.3 is 6.03 Å². The van der Waals surface area contributed by atoms with E-state index in [1.54, 1.807) is 32.2 Å². The van der Waals surface area contributed by atoms with E-state index in [0.29, 0.717) is 12.2 Å². The lowest BCUT2D eigenvalue weighted by Crippen LogP contribution is -2.56. The number of carbonyl (C=O) groups is 3. The van der Waals surface area contributed by atoms with Crippen LogP contribution in [-0.4, -0.2) is 28.9 Å². The standard InChI is InChI=1S/C18H23N5O3/c1-12(2)15(17(25)23-22-16(24)14-9-6-10-19-14)21-18(26)20-11-13-7-4-3-5-8-13/h3-10,12,15,19H,11H2,1-2H3,(H,22,24)(H,23,25)(H2,20,21,26). The Morgan fingerprint density at radius 2 is 1.73 bits per heavy atom. The van der Waals surface area contributed by atoms with Crippen LogP contribution in [0.2, 0.25) is 0 Å². The van der Waals surface area contributed by atoms with Crippen LogP contribution < -0.4 is 21.5 Å². The van der Waals surface area contributed by atoms with Crippen molar-refractivity contribution in [3.63, 3.8) is 0 Å². The van der Waals surface area contributed by atoms with Gasteiger partial charge in [0.05, 0.1) is 0 Å². The van der Waals surface area contributed by atoms with Crippen LogP contribution in [-0.2, 0) is 11.3 Å². The summed E-state index contributed by atoms with van der Waals surface area (Å²) in [5.74, 6) is -1.14. The SMILES string of the molecule is CC(C)C(NC(=O)NCc1ccccc1)C(=O)NNC(=O)c1ccc[nH]1. The maximum absolute atomic E-state index is 12.3. The van der Waals surface area contributed by atoms with Crippen molar-refractivity contribution in [3.05, 3.63) is 59.9 Å². The largest absolute Gasteiger partial charge is 0.357 e. The first-order valence-corrected chi connectivity index (χ1v) is 8.29. The fourth-order valence-corrected chi connectivity index (χ4v) is 2.24. The summed E-state index contributed by atoms with van der Waals surface area (Å²) < 4.78 is 0. The van der Waals surface area contributed by atoms with Crippen LogP contribution in [0.25, 0.3) is 0 Å². The zero-order chi connectivity index (χ0) is 18.9. The van der Waals surface area contributed by atoms with Gasteiger partial charge in [-0.15, -0.1) is 0 Å². The number of benzene rings is 1. The average Bonchev–Trinajstić information content (AvgIpc) is 3.17. The second-order valence-electron chi connectivity index (χ2n) is 6.06. The molecule has 5 N–H and O–H groups in total. The maximum Gasteiger partial charge on any atom is 0.315 e. The lowest BCUT2D eigenvalue weighted by Gasteiger charge is -2.22. The van der Waals surface area contributed by atoms with E-state index in [9.17, 15) is 14.4 Å². The van der Waals surface area contributed by atoms with Crippen molar-refractivity contribution in [3.8, 4) is 0 Å². The van der Waals surface area contributed by atoms with Gasteiger partial charge in [0, 0.05) is 12.7 Å². The van der Waals surface area contributed by atoms with E-state index in [1.807, 2.05) is 30.3 Å². The Morgan fingerprint density at radius 1 is 1.00 bits per heavy atom. The number of nitrogens with one attached hydrogen (secondary N) is 5. The van der Waals surface area contributed by atoms with Crippen molar-refractivity contribution in [1.29, 1.82) is 0 Å². The van der Waals surface area contributed by atoms with Crippen molar-refractivity contribution in [1.82, 2.24) is 26.5 Å². The molecule has 1 aromatic carbocycles. The summed E-state index contributed by atoms with van der Waals surface area (Å²) in [4.78, 5) is 38.9. The lowest BCUT2D eigenvalue weighted by molar-refractivity contribution is -0.124. The molecule has 0 aliphatic rings. The number of hydrogen-bond acceptors (Lipinski definition) is 3. The lowest BCUT2D eigenvalue weighted by atomic mass is 10.0. The van der Waals surface area contributed by atoms with E-state index in [2.05, 4.69) is 26.5 Å². The molecular formula is C18H23N5O3. The Labute approximate surface area is 151 Å². The quantitative estimate of drug-likeness (QED) is 0.502. The van der Waals surface area contributed by atoms with Gasteiger partial charge in [-0.25, -0.2) is 4.79 Å². The molecule has 1 unspecified atom stereocenters. The van der Waals surface area contributed by atoms with Gasteiger partial charge in [0.15, 0.2) is 0 Å². The summed E-state index contributed by atoms with van der Waals surface area (Å²) in [6.45, 7) is 3.95. The van der Waals surface area contributed by atoms with Crippen molar-refractivity contribution < 1.29 is 14.4 Å². The van der Waals surface area contributed by atoms with Crippen LogP contribution >= 0.6 is 0 Å². The van der Waals surface area contributed by atoms with Gasteiger partial charge in [0.1, 0.15) is 11.7 Å². The summed E-state index contributed by atoms with van der Waals surface area (Å²) >= 11 is 0. The van der Waals surface area contributed by atoms with Crippen molar-refractivity contribution in [2.45, 2.75) is 26.4 Å². The molecule has 138 valence electrons. The van der Waals surface area contributed by atoms with Crippen molar-refractivity contribution in [2.24, 2.45) is 5.92 Å². The average molecular weight is 357 g/mol. The van der Waals surface area contributed by atoms with Gasteiger partial charge in [0.2, 0.25) is 0 Å². The zero-order valence-corrected chi connectivity index (χ0v) is 14.7. The van der Waals surface area contributed by atoms with Gasteiger partial charge < -0.3 is 15.6 Å². The molecule has 0 aliphatic carbocycles. The third-order valence-corrected chi connectivity index (χ3v) is 3.67. The molecule has 0 saturated carbocycles. The number of urea groups is 1. The van der Waals surface area contributed by atoms with E-state index in [-0.39, 0.29) is 5.92 Å². The number of hydrogen-bond donors (Lipinski definition) is 5. The number of hydrazine groups is 1. The predicted molar refractivity (Wildman–Crippen MR) is 96.8 cm³/mol. The molecule has 8 nitrogen and oxygen atoms in total. The van der Waals surface area contributed by atoms with Gasteiger partial charge in [0.25, 0.3) is 11.8 Å². The van der Waals surface area contributed by atoms with Crippen LogP contribution in [0.4, 0.5) is 4.79 Å². The Bertz CT molecular complexity index is 729. The molecule has 0 saturated heterocycles. The monoisotopic (exact) mass is 357 g/mol. The van der Waals surface area contributed by atoms with Gasteiger partial charge in [-0.05, 0) is 23.6 Å². The smallest absolute Gasteiger partial charge is 0.315 e. The van der Waals surface area contributed by atoms with Gasteiger partial charge in [-0.2, -0.15) is 0 Å². The normalized spacial score (nSPS) is 11.5. The minimum absolute atomic E-state index is 0.167. The van der Waals surface area contributed by atoms with Crippen LogP contribution in [0.1, 0.15) is 29.9 Å². The van der Waals surface area contributed by atoms with Crippen molar-refractivity contribution in [2.75, 3.05) is 0 Å². The minimum atomic E-state index is -0.797. The second-order valence-corrected chi connectivity index (χ2v) is 6.06. The number of aromatic nitrogens is 1. The first kappa shape index (κ1) is 19.0. The van der Waals surface area contributed by atoms with Gasteiger partial charge in [-0.1, -0.05) is 44.2 Å². The Hall–Kier alpha value is -3.29. The van der Waals surface area contributed by atoms with Crippen LogP contribution in [0.5, 0.6) is 0 Å². The molecule has 8 heteroatoms. The summed E-state index contributed by atoms with van der Waals surface area (Å²) in [7, 11) is 0. The molecule has 0 radical (unpaired) electrons. The van der Waals surface area contributed by atoms with Crippen LogP contribution in [0.3, 0.4) is 0 Å². The molecule has 0 bridgehead atoms. The molecule has 0 aliphatic heterocycles. The highest BCUT2D eigenvalue weighted by Gasteiger charge is 2.24. The number of rotatable bonds is 6. The highest BCUT2D eigenvalue weighted by molar-refractivity contribution is 5.95. The zero-order valence-electron chi connectivity index (χ0n) is 14.7. The molecular weight excluding hydrogens is 334 g/mol. The Morgan fingerprint density at radius 3 is 2.35 bits per heavy atom. The summed E-state index contributed by atoms with van der Waals surface area (Å²) in [6.07, 6.45) is 1.60. The fraction of sp³-hybridized carbons (Fsp3) is 0.278. The van der Waals surface area contributed by atoms with E-state index < -0.39 is 23.9 Å². The van der Waals surface area contributed by atoms with Gasteiger partial charge in [-0.3, -0.25) is 20.4 Å². The molecule has 26 heavy (non-hydrogen) atoms. The van der Waals surface area contributed by atoms with Crippen molar-refractivity contribution >= 4 is 17.8 Å². The molecule has 1 heterocycles. The molecule has 0 fully saturated rings. The fourth-order valence-electron chi connectivity index (χ4n) is 2.24. The van der Waals surface area contributed by atoms with E-state index in [1.165, 1.54) is 0 Å². The number of carbonyl (C=O) groups excluding carboxylic acids is 3. The van der Waals surface area contributed by atoms with E-state index in [4.69, 9.17) is 0 Å². The molecule has 2 aromatic rings. The van der Waals surface area contributed by atoms with E-state index >= 15 is 0 Å². The minimum Gasteiger partial charge on any atom is -0.357 e. The summed E-state index contributed by atoms with van der Waals surface area (Å²) in [5.41, 5.74) is 5.91. The molecule has 0 spiro atoms. The highest BCUT2D eigenvalue weighted by Crippen LogP contribution is 2.02. The maximum atomic E-state index is 12.3. The Kier molecular flexibility index (Phi) is 6.78. The topological polar surface area (TPSA) is 115 Å². The molecule has 1 atom stereocenters. The van der Waals surface area contributed by atoms with E-state index in [0.717, 1.165) is 5.56 Å². The first-order chi connectivity index (χ1) is 12.5. The molecule has 1 aromatic heterocycles. The summed E-state index contributed by atoms with van der Waals surface area (Å²) in [5, 5.41) is 5.33. The summed E-state index contributed by atoms with van der Waals surface area (Å²) in [6, 6.07) is 11.4.